The lowest BCUT2D eigenvalue weighted by atomic mass is 10.1. The first-order valence-electron chi connectivity index (χ1n) is 6.63. The molecular weight excluding hydrogens is 284 g/mol. The van der Waals surface area contributed by atoms with E-state index < -0.39 is 0 Å². The third-order valence-electron chi connectivity index (χ3n) is 3.36. The van der Waals surface area contributed by atoms with Gasteiger partial charge in [0, 0.05) is 24.0 Å². The highest BCUT2D eigenvalue weighted by molar-refractivity contribution is 6.30. The maximum Gasteiger partial charge on any atom is 0.199 e. The Kier molecular flexibility index (Phi) is 3.92. The molecule has 0 radical (unpaired) electrons. The molecule has 1 heterocycles. The van der Waals surface area contributed by atoms with Crippen LogP contribution in [-0.4, -0.2) is 0 Å². The van der Waals surface area contributed by atoms with Gasteiger partial charge in [0.1, 0.15) is 5.58 Å². The van der Waals surface area contributed by atoms with E-state index in [9.17, 15) is 0 Å². The average Bonchev–Trinajstić information content (AvgIpc) is 2.84. The van der Waals surface area contributed by atoms with E-state index in [0.29, 0.717) is 23.9 Å². The summed E-state index contributed by atoms with van der Waals surface area (Å²) in [5, 5.41) is 13.6. The van der Waals surface area contributed by atoms with Crippen molar-refractivity contribution in [3.05, 3.63) is 70.4 Å². The van der Waals surface area contributed by atoms with Gasteiger partial charge in [0.25, 0.3) is 0 Å². The number of nitriles is 1. The number of hydrogen-bond acceptors (Lipinski definition) is 3. The lowest BCUT2D eigenvalue weighted by molar-refractivity contribution is 0.604. The minimum Gasteiger partial charge on any atom is -0.444 e. The van der Waals surface area contributed by atoms with Gasteiger partial charge in [-0.25, -0.2) is 0 Å². The van der Waals surface area contributed by atoms with Crippen molar-refractivity contribution >= 4 is 22.6 Å². The molecule has 3 aromatic rings. The Balaban J connectivity index is 1.69. The molecule has 0 saturated carbocycles. The molecule has 0 aliphatic carbocycles. The standard InChI is InChI=1S/C17H13ClN2O/c18-17-15(14-3-1-2-4-16(14)21-17)11-20-10-13-7-5-12(9-19)6-8-13/h1-8,20H,10-11H2. The number of nitrogens with zero attached hydrogens (tertiary/aromatic N) is 1. The van der Waals surface area contributed by atoms with Crippen molar-refractivity contribution in [2.24, 2.45) is 0 Å². The molecular formula is C17H13ClN2O. The Labute approximate surface area is 127 Å². The molecule has 4 heteroatoms. The number of rotatable bonds is 4. The maximum atomic E-state index is 8.77. The van der Waals surface area contributed by atoms with Crippen LogP contribution in [0.5, 0.6) is 0 Å². The number of hydrogen-bond donors (Lipinski definition) is 1. The van der Waals surface area contributed by atoms with E-state index in [2.05, 4.69) is 11.4 Å². The molecule has 0 aliphatic rings. The Hall–Kier alpha value is -2.28. The highest BCUT2D eigenvalue weighted by atomic mass is 35.5. The normalized spacial score (nSPS) is 10.7. The minimum atomic E-state index is 0.434. The van der Waals surface area contributed by atoms with Crippen molar-refractivity contribution in [3.63, 3.8) is 0 Å². The second-order valence-corrected chi connectivity index (χ2v) is 5.11. The second-order valence-electron chi connectivity index (χ2n) is 4.76. The van der Waals surface area contributed by atoms with Crippen molar-refractivity contribution in [1.82, 2.24) is 5.32 Å². The first-order valence-corrected chi connectivity index (χ1v) is 7.01. The molecule has 1 aromatic heterocycles. The highest BCUT2D eigenvalue weighted by Gasteiger charge is 2.11. The van der Waals surface area contributed by atoms with Gasteiger partial charge in [0.05, 0.1) is 11.6 Å². The van der Waals surface area contributed by atoms with E-state index in [1.165, 1.54) is 0 Å². The van der Waals surface area contributed by atoms with Gasteiger partial charge in [-0.1, -0.05) is 30.3 Å². The van der Waals surface area contributed by atoms with E-state index in [4.69, 9.17) is 21.3 Å². The van der Waals surface area contributed by atoms with E-state index in [0.717, 1.165) is 22.1 Å². The van der Waals surface area contributed by atoms with Gasteiger partial charge in [-0.3, -0.25) is 0 Å². The van der Waals surface area contributed by atoms with Crippen LogP contribution in [0, 0.1) is 11.3 Å². The largest absolute Gasteiger partial charge is 0.444 e. The van der Waals surface area contributed by atoms with E-state index in [1.54, 1.807) is 0 Å². The molecule has 0 fully saturated rings. The van der Waals surface area contributed by atoms with Crippen LogP contribution in [0.25, 0.3) is 11.0 Å². The van der Waals surface area contributed by atoms with E-state index in [-0.39, 0.29) is 0 Å². The Morgan fingerprint density at radius 1 is 1.05 bits per heavy atom. The highest BCUT2D eigenvalue weighted by Crippen LogP contribution is 2.29. The van der Waals surface area contributed by atoms with Crippen LogP contribution in [0.4, 0.5) is 0 Å². The maximum absolute atomic E-state index is 8.77. The van der Waals surface area contributed by atoms with Crippen LogP contribution < -0.4 is 5.32 Å². The Morgan fingerprint density at radius 3 is 2.57 bits per heavy atom. The van der Waals surface area contributed by atoms with E-state index in [1.807, 2.05) is 48.5 Å². The molecule has 0 amide bonds. The fourth-order valence-electron chi connectivity index (χ4n) is 2.26. The monoisotopic (exact) mass is 296 g/mol. The van der Waals surface area contributed by atoms with Gasteiger partial charge in [-0.2, -0.15) is 5.26 Å². The Bertz CT molecular complexity index is 800. The summed E-state index contributed by atoms with van der Waals surface area (Å²) < 4.78 is 5.52. The molecule has 0 unspecified atom stereocenters. The predicted octanol–water partition coefficient (Wildman–Crippen LogP) is 4.25. The molecule has 0 spiro atoms. The first-order chi connectivity index (χ1) is 10.3. The molecule has 0 bridgehead atoms. The second kappa shape index (κ2) is 6.01. The summed E-state index contributed by atoms with van der Waals surface area (Å²) in [7, 11) is 0. The summed E-state index contributed by atoms with van der Waals surface area (Å²) in [6.45, 7) is 1.34. The summed E-state index contributed by atoms with van der Waals surface area (Å²) in [4.78, 5) is 0. The number of benzene rings is 2. The third-order valence-corrected chi connectivity index (χ3v) is 3.67. The van der Waals surface area contributed by atoms with Crippen molar-refractivity contribution in [3.8, 4) is 6.07 Å². The smallest absolute Gasteiger partial charge is 0.199 e. The third kappa shape index (κ3) is 2.92. The van der Waals surface area contributed by atoms with Gasteiger partial charge >= 0.3 is 0 Å². The van der Waals surface area contributed by atoms with Gasteiger partial charge in [-0.15, -0.1) is 0 Å². The van der Waals surface area contributed by atoms with Crippen LogP contribution in [0.1, 0.15) is 16.7 Å². The zero-order valence-corrected chi connectivity index (χ0v) is 12.0. The molecule has 0 atom stereocenters. The fraction of sp³-hybridized carbons (Fsp3) is 0.118. The number of nitrogens with one attached hydrogen (secondary N) is 1. The molecule has 104 valence electrons. The van der Waals surface area contributed by atoms with Crippen molar-refractivity contribution in [1.29, 1.82) is 5.26 Å². The predicted molar refractivity (Wildman–Crippen MR) is 82.9 cm³/mol. The summed E-state index contributed by atoms with van der Waals surface area (Å²) in [5.41, 5.74) is 3.57. The van der Waals surface area contributed by atoms with Crippen LogP contribution >= 0.6 is 11.6 Å². The molecule has 3 nitrogen and oxygen atoms in total. The number of para-hydroxylation sites is 1. The number of fused-ring (bicyclic) bond motifs is 1. The number of furan rings is 1. The summed E-state index contributed by atoms with van der Waals surface area (Å²) >= 11 is 6.15. The summed E-state index contributed by atoms with van der Waals surface area (Å²) in [6, 6.07) is 17.4. The lowest BCUT2D eigenvalue weighted by Gasteiger charge is -2.04. The van der Waals surface area contributed by atoms with Crippen molar-refractivity contribution < 1.29 is 4.42 Å². The quantitative estimate of drug-likeness (QED) is 0.783. The molecule has 3 rings (SSSR count). The van der Waals surface area contributed by atoms with Gasteiger partial charge in [0.2, 0.25) is 0 Å². The first kappa shape index (κ1) is 13.7. The van der Waals surface area contributed by atoms with Crippen LogP contribution in [0.15, 0.2) is 52.9 Å². The molecule has 21 heavy (non-hydrogen) atoms. The van der Waals surface area contributed by atoms with Crippen molar-refractivity contribution in [2.45, 2.75) is 13.1 Å². The molecule has 0 saturated heterocycles. The van der Waals surface area contributed by atoms with Gasteiger partial charge in [0.15, 0.2) is 5.22 Å². The van der Waals surface area contributed by atoms with Crippen molar-refractivity contribution in [2.75, 3.05) is 0 Å². The molecule has 1 N–H and O–H groups in total. The van der Waals surface area contributed by atoms with E-state index >= 15 is 0 Å². The summed E-state index contributed by atoms with van der Waals surface area (Å²) in [6.07, 6.45) is 0. The SMILES string of the molecule is N#Cc1ccc(CNCc2c(Cl)oc3ccccc23)cc1. The number of halogens is 1. The average molecular weight is 297 g/mol. The zero-order valence-electron chi connectivity index (χ0n) is 11.3. The van der Waals surface area contributed by atoms with Gasteiger partial charge in [-0.05, 0) is 35.4 Å². The lowest BCUT2D eigenvalue weighted by Crippen LogP contribution is -2.12. The Morgan fingerprint density at radius 2 is 1.81 bits per heavy atom. The van der Waals surface area contributed by atoms with Gasteiger partial charge < -0.3 is 9.73 Å². The van der Waals surface area contributed by atoms with Crippen LogP contribution in [0.3, 0.4) is 0 Å². The van der Waals surface area contributed by atoms with Crippen LogP contribution in [0.2, 0.25) is 5.22 Å². The van der Waals surface area contributed by atoms with Crippen LogP contribution in [-0.2, 0) is 13.1 Å². The zero-order chi connectivity index (χ0) is 14.7. The molecule has 2 aromatic carbocycles. The fourth-order valence-corrected chi connectivity index (χ4v) is 2.51. The molecule has 0 aliphatic heterocycles. The summed E-state index contributed by atoms with van der Waals surface area (Å²) in [5.74, 6) is 0. The minimum absolute atomic E-state index is 0.434. The topological polar surface area (TPSA) is 49.0 Å².